The van der Waals surface area contributed by atoms with Gasteiger partial charge < -0.3 is 9.64 Å². The molecule has 0 radical (unpaired) electrons. The van der Waals surface area contributed by atoms with Gasteiger partial charge in [-0.15, -0.1) is 11.3 Å². The molecular weight excluding hydrogens is 262 g/mol. The zero-order valence-corrected chi connectivity index (χ0v) is 12.2. The van der Waals surface area contributed by atoms with Crippen LogP contribution in [0, 0.1) is 0 Å². The van der Waals surface area contributed by atoms with E-state index < -0.39 is 0 Å². The predicted octanol–water partition coefficient (Wildman–Crippen LogP) is 2.59. The molecule has 0 aromatic carbocycles. The smallest absolute Gasteiger partial charge is 0.254 e. The Morgan fingerprint density at radius 1 is 1.47 bits per heavy atom. The molecule has 1 aliphatic rings. The molecule has 19 heavy (non-hydrogen) atoms. The van der Waals surface area contributed by atoms with E-state index in [1.807, 2.05) is 0 Å². The van der Waals surface area contributed by atoms with E-state index in [0.29, 0.717) is 17.0 Å². The molecule has 0 saturated carbocycles. The van der Waals surface area contributed by atoms with E-state index in [0.717, 1.165) is 19.4 Å². The van der Waals surface area contributed by atoms with Crippen molar-refractivity contribution in [1.82, 2.24) is 4.90 Å². The lowest BCUT2D eigenvalue weighted by atomic mass is 10.1. The second-order valence-electron chi connectivity index (χ2n) is 4.93. The van der Waals surface area contributed by atoms with Crippen molar-refractivity contribution in [3.05, 3.63) is 21.9 Å². The number of Topliss-reactive ketones (excluding diaryl/α,β-unsaturated/α-hetero) is 1. The van der Waals surface area contributed by atoms with Gasteiger partial charge in [0.25, 0.3) is 5.91 Å². The van der Waals surface area contributed by atoms with Crippen molar-refractivity contribution < 1.29 is 14.3 Å². The minimum atomic E-state index is -0.0436. The minimum Gasteiger partial charge on any atom is -0.376 e. The summed E-state index contributed by atoms with van der Waals surface area (Å²) in [6, 6.07) is 1.67. The Morgan fingerprint density at radius 3 is 2.84 bits per heavy atom. The molecule has 1 fully saturated rings. The summed E-state index contributed by atoms with van der Waals surface area (Å²) in [7, 11) is 1.78. The van der Waals surface area contributed by atoms with E-state index in [1.54, 1.807) is 23.4 Å². The average Bonchev–Trinajstić information content (AvgIpc) is 2.88. The topological polar surface area (TPSA) is 46.6 Å². The van der Waals surface area contributed by atoms with Crippen LogP contribution in [0.1, 0.15) is 46.2 Å². The average molecular weight is 281 g/mol. The molecular formula is C14H19NO3S. The summed E-state index contributed by atoms with van der Waals surface area (Å²) >= 11 is 1.32. The number of ether oxygens (including phenoxy) is 1. The molecule has 1 aromatic rings. The highest BCUT2D eigenvalue weighted by atomic mass is 32.1. The van der Waals surface area contributed by atoms with Crippen LogP contribution in [0.5, 0.6) is 0 Å². The molecule has 0 spiro atoms. The fraction of sp³-hybridized carbons (Fsp3) is 0.571. The Bertz CT molecular complexity index is 463. The molecule has 1 atom stereocenters. The Kier molecular flexibility index (Phi) is 4.71. The van der Waals surface area contributed by atoms with E-state index in [4.69, 9.17) is 4.74 Å². The van der Waals surface area contributed by atoms with E-state index in [9.17, 15) is 9.59 Å². The zero-order chi connectivity index (χ0) is 13.8. The number of carbonyl (C=O) groups excluding carboxylic acids is 2. The summed E-state index contributed by atoms with van der Waals surface area (Å²) in [5, 5.41) is 1.75. The number of nitrogens with zero attached hydrogens (tertiary/aromatic N) is 1. The molecule has 4 nitrogen and oxygen atoms in total. The van der Waals surface area contributed by atoms with Crippen LogP contribution < -0.4 is 0 Å². The fourth-order valence-corrected chi connectivity index (χ4v) is 2.98. The van der Waals surface area contributed by atoms with Gasteiger partial charge >= 0.3 is 0 Å². The van der Waals surface area contributed by atoms with Crippen molar-refractivity contribution >= 4 is 23.0 Å². The molecule has 5 heteroatoms. The quantitative estimate of drug-likeness (QED) is 0.797. The highest BCUT2D eigenvalue weighted by Gasteiger charge is 2.20. The first kappa shape index (κ1) is 14.2. The van der Waals surface area contributed by atoms with Gasteiger partial charge in [0.15, 0.2) is 5.78 Å². The maximum atomic E-state index is 12.2. The molecule has 1 aromatic heterocycles. The number of carbonyl (C=O) groups is 2. The van der Waals surface area contributed by atoms with Gasteiger partial charge in [0.1, 0.15) is 0 Å². The number of rotatable bonds is 4. The van der Waals surface area contributed by atoms with Crippen LogP contribution in [-0.4, -0.2) is 42.9 Å². The lowest BCUT2D eigenvalue weighted by Gasteiger charge is -2.27. The molecule has 2 heterocycles. The summed E-state index contributed by atoms with van der Waals surface area (Å²) in [6.45, 7) is 2.92. The number of thiophene rings is 1. The lowest BCUT2D eigenvalue weighted by Crippen LogP contribution is -2.36. The Morgan fingerprint density at radius 2 is 2.26 bits per heavy atom. The first-order valence-corrected chi connectivity index (χ1v) is 7.42. The Balaban J connectivity index is 1.95. The van der Waals surface area contributed by atoms with E-state index in [2.05, 4.69) is 0 Å². The maximum Gasteiger partial charge on any atom is 0.254 e. The van der Waals surface area contributed by atoms with Crippen LogP contribution in [-0.2, 0) is 4.74 Å². The highest BCUT2D eigenvalue weighted by Crippen LogP contribution is 2.18. The first-order chi connectivity index (χ1) is 9.08. The van der Waals surface area contributed by atoms with Gasteiger partial charge in [-0.1, -0.05) is 0 Å². The van der Waals surface area contributed by atoms with Crippen LogP contribution in [0.25, 0.3) is 0 Å². The van der Waals surface area contributed by atoms with Crippen LogP contribution >= 0.6 is 11.3 Å². The van der Waals surface area contributed by atoms with Crippen molar-refractivity contribution in [2.45, 2.75) is 32.3 Å². The standard InChI is InChI=1S/C14H19NO3S/c1-10(16)13-7-11(9-19-13)14(17)15(2)8-12-5-3-4-6-18-12/h7,9,12H,3-6,8H2,1-2H3. The van der Waals surface area contributed by atoms with Gasteiger partial charge in [-0.25, -0.2) is 0 Å². The molecule has 0 bridgehead atoms. The summed E-state index contributed by atoms with van der Waals surface area (Å²) in [6.07, 6.45) is 3.44. The van der Waals surface area contributed by atoms with Crippen LogP contribution in [0.2, 0.25) is 0 Å². The lowest BCUT2D eigenvalue weighted by molar-refractivity contribution is -0.000178. The monoisotopic (exact) mass is 281 g/mol. The first-order valence-electron chi connectivity index (χ1n) is 6.54. The third-order valence-electron chi connectivity index (χ3n) is 3.29. The summed E-state index contributed by atoms with van der Waals surface area (Å²) in [5.41, 5.74) is 0.591. The van der Waals surface area contributed by atoms with Crippen molar-refractivity contribution in [1.29, 1.82) is 0 Å². The predicted molar refractivity (Wildman–Crippen MR) is 74.9 cm³/mol. The molecule has 1 saturated heterocycles. The molecule has 1 aliphatic heterocycles. The van der Waals surface area contributed by atoms with Gasteiger partial charge in [-0.05, 0) is 32.3 Å². The molecule has 104 valence electrons. The van der Waals surface area contributed by atoms with E-state index in [1.165, 1.54) is 24.7 Å². The van der Waals surface area contributed by atoms with Gasteiger partial charge in [0.2, 0.25) is 0 Å². The fourth-order valence-electron chi connectivity index (χ4n) is 2.19. The normalized spacial score (nSPS) is 19.2. The summed E-state index contributed by atoms with van der Waals surface area (Å²) in [4.78, 5) is 25.8. The molecule has 1 amide bonds. The van der Waals surface area contributed by atoms with Crippen molar-refractivity contribution in [2.75, 3.05) is 20.2 Å². The van der Waals surface area contributed by atoms with E-state index >= 15 is 0 Å². The van der Waals surface area contributed by atoms with Crippen LogP contribution in [0.3, 0.4) is 0 Å². The van der Waals surface area contributed by atoms with Crippen molar-refractivity contribution in [2.24, 2.45) is 0 Å². The number of likely N-dealkylation sites (N-methyl/N-ethyl adjacent to an activating group) is 1. The number of hydrogen-bond acceptors (Lipinski definition) is 4. The third-order valence-corrected chi connectivity index (χ3v) is 4.32. The van der Waals surface area contributed by atoms with Crippen molar-refractivity contribution in [3.63, 3.8) is 0 Å². The Labute approximate surface area is 117 Å². The second kappa shape index (κ2) is 6.30. The molecule has 1 unspecified atom stereocenters. The van der Waals surface area contributed by atoms with Gasteiger partial charge in [0.05, 0.1) is 16.5 Å². The number of amides is 1. The van der Waals surface area contributed by atoms with Gasteiger partial charge in [-0.2, -0.15) is 0 Å². The largest absolute Gasteiger partial charge is 0.376 e. The third kappa shape index (κ3) is 3.64. The summed E-state index contributed by atoms with van der Waals surface area (Å²) < 4.78 is 5.63. The van der Waals surface area contributed by atoms with Crippen LogP contribution in [0.4, 0.5) is 0 Å². The van der Waals surface area contributed by atoms with Gasteiger partial charge in [0, 0.05) is 25.6 Å². The molecule has 2 rings (SSSR count). The van der Waals surface area contributed by atoms with Gasteiger partial charge in [-0.3, -0.25) is 9.59 Å². The second-order valence-corrected chi connectivity index (χ2v) is 5.84. The highest BCUT2D eigenvalue weighted by molar-refractivity contribution is 7.12. The SMILES string of the molecule is CC(=O)c1cc(C(=O)N(C)CC2CCCCO2)cs1. The Hall–Kier alpha value is -1.20. The van der Waals surface area contributed by atoms with Crippen molar-refractivity contribution in [3.8, 4) is 0 Å². The minimum absolute atomic E-state index is 0.00215. The number of ketones is 1. The summed E-state index contributed by atoms with van der Waals surface area (Å²) in [5.74, 6) is -0.0414. The van der Waals surface area contributed by atoms with Crippen LogP contribution in [0.15, 0.2) is 11.4 Å². The van der Waals surface area contributed by atoms with E-state index in [-0.39, 0.29) is 17.8 Å². The molecule has 0 aliphatic carbocycles. The molecule has 0 N–H and O–H groups in total. The zero-order valence-electron chi connectivity index (χ0n) is 11.3. The maximum absolute atomic E-state index is 12.2. The number of hydrogen-bond donors (Lipinski definition) is 0.